The van der Waals surface area contributed by atoms with Crippen LogP contribution in [0.1, 0.15) is 28.3 Å². The first-order valence-corrected chi connectivity index (χ1v) is 8.05. The van der Waals surface area contributed by atoms with Gasteiger partial charge in [-0.25, -0.2) is 0 Å². The van der Waals surface area contributed by atoms with E-state index in [1.807, 2.05) is 25.1 Å². The quantitative estimate of drug-likeness (QED) is 0.942. The summed E-state index contributed by atoms with van der Waals surface area (Å²) in [5, 5.41) is 9.12. The Morgan fingerprint density at radius 3 is 2.82 bits per heavy atom. The average molecular weight is 319 g/mol. The molecule has 3 heterocycles. The van der Waals surface area contributed by atoms with Crippen LogP contribution in [0.5, 0.6) is 0 Å². The van der Waals surface area contributed by atoms with E-state index in [4.69, 9.17) is 9.52 Å². The van der Waals surface area contributed by atoms with Crippen LogP contribution in [-0.4, -0.2) is 35.0 Å². The van der Waals surface area contributed by atoms with Gasteiger partial charge in [-0.1, -0.05) is 0 Å². The summed E-state index contributed by atoms with van der Waals surface area (Å²) < 4.78 is 5.56. The molecular formula is C16H17NO4S. The second-order valence-electron chi connectivity index (χ2n) is 5.50. The second kappa shape index (κ2) is 5.96. The molecule has 0 radical (unpaired) electrons. The summed E-state index contributed by atoms with van der Waals surface area (Å²) in [6, 6.07) is 7.43. The molecule has 1 atom stereocenters. The number of piperidine rings is 1. The van der Waals surface area contributed by atoms with Gasteiger partial charge < -0.3 is 14.4 Å². The van der Waals surface area contributed by atoms with Crippen LogP contribution < -0.4 is 0 Å². The fourth-order valence-corrected chi connectivity index (χ4v) is 3.61. The number of likely N-dealkylation sites (tertiary alicyclic amines) is 1. The van der Waals surface area contributed by atoms with Crippen molar-refractivity contribution in [1.82, 2.24) is 4.90 Å². The maximum absolute atomic E-state index is 12.5. The molecule has 1 aliphatic rings. The molecule has 1 aliphatic heterocycles. The Hall–Kier alpha value is -2.08. The molecule has 1 fully saturated rings. The van der Waals surface area contributed by atoms with E-state index in [1.165, 1.54) is 11.3 Å². The van der Waals surface area contributed by atoms with Crippen molar-refractivity contribution in [3.05, 3.63) is 34.9 Å². The Morgan fingerprint density at radius 1 is 1.32 bits per heavy atom. The number of carbonyl (C=O) groups excluding carboxylic acids is 1. The van der Waals surface area contributed by atoms with E-state index in [9.17, 15) is 9.59 Å². The SMILES string of the molecule is Cc1ccc(-c2ccc(C(=O)N3CCCC(C(=O)O)C3)s2)o1. The van der Waals surface area contributed by atoms with E-state index in [2.05, 4.69) is 0 Å². The zero-order chi connectivity index (χ0) is 15.7. The molecule has 0 aromatic carbocycles. The van der Waals surface area contributed by atoms with Crippen molar-refractivity contribution >= 4 is 23.2 Å². The summed E-state index contributed by atoms with van der Waals surface area (Å²) in [6.45, 7) is 2.79. The Balaban J connectivity index is 1.75. The van der Waals surface area contributed by atoms with Crippen LogP contribution in [0.2, 0.25) is 0 Å². The monoisotopic (exact) mass is 319 g/mol. The maximum Gasteiger partial charge on any atom is 0.308 e. The molecule has 2 aromatic rings. The van der Waals surface area contributed by atoms with Crippen LogP contribution in [0.3, 0.4) is 0 Å². The number of carboxylic acid groups (broad SMARTS) is 1. The molecule has 2 aromatic heterocycles. The lowest BCUT2D eigenvalue weighted by Crippen LogP contribution is -2.42. The van der Waals surface area contributed by atoms with Crippen LogP contribution >= 0.6 is 11.3 Å². The molecule has 3 rings (SSSR count). The van der Waals surface area contributed by atoms with E-state index in [1.54, 1.807) is 11.0 Å². The summed E-state index contributed by atoms with van der Waals surface area (Å²) in [4.78, 5) is 26.8. The first-order chi connectivity index (χ1) is 10.5. The van der Waals surface area contributed by atoms with Crippen molar-refractivity contribution in [2.45, 2.75) is 19.8 Å². The van der Waals surface area contributed by atoms with Crippen LogP contribution in [0, 0.1) is 12.8 Å². The summed E-state index contributed by atoms with van der Waals surface area (Å²) in [5.41, 5.74) is 0. The van der Waals surface area contributed by atoms with Gasteiger partial charge in [0, 0.05) is 13.1 Å². The molecular weight excluding hydrogens is 302 g/mol. The largest absolute Gasteiger partial charge is 0.481 e. The fourth-order valence-electron chi connectivity index (χ4n) is 2.67. The molecule has 0 spiro atoms. The number of nitrogens with zero attached hydrogens (tertiary/aromatic N) is 1. The number of furan rings is 1. The van der Waals surface area contributed by atoms with Crippen molar-refractivity contribution in [3.63, 3.8) is 0 Å². The third-order valence-corrected chi connectivity index (χ3v) is 4.95. The molecule has 116 valence electrons. The standard InChI is InChI=1S/C16H17NO4S/c1-10-4-5-12(21-10)13-6-7-14(22-13)15(18)17-8-2-3-11(9-17)16(19)20/h4-7,11H,2-3,8-9H2,1H3,(H,19,20). The van der Waals surface area contributed by atoms with Gasteiger partial charge in [-0.15, -0.1) is 11.3 Å². The van der Waals surface area contributed by atoms with Crippen molar-refractivity contribution < 1.29 is 19.1 Å². The van der Waals surface area contributed by atoms with E-state index in [0.29, 0.717) is 24.4 Å². The van der Waals surface area contributed by atoms with Crippen LogP contribution in [0.15, 0.2) is 28.7 Å². The highest BCUT2D eigenvalue weighted by molar-refractivity contribution is 7.17. The smallest absolute Gasteiger partial charge is 0.308 e. The Bertz CT molecular complexity index is 703. The average Bonchev–Trinajstić information content (AvgIpc) is 3.15. The van der Waals surface area contributed by atoms with Crippen molar-refractivity contribution in [2.24, 2.45) is 5.92 Å². The minimum atomic E-state index is -0.824. The highest BCUT2D eigenvalue weighted by Crippen LogP contribution is 2.31. The van der Waals surface area contributed by atoms with E-state index in [-0.39, 0.29) is 5.91 Å². The predicted molar refractivity (Wildman–Crippen MR) is 83.0 cm³/mol. The van der Waals surface area contributed by atoms with Gasteiger partial charge in [0.25, 0.3) is 5.91 Å². The molecule has 0 saturated carbocycles. The molecule has 6 heteroatoms. The number of hydrogen-bond donors (Lipinski definition) is 1. The molecule has 1 unspecified atom stereocenters. The molecule has 0 aliphatic carbocycles. The summed E-state index contributed by atoms with van der Waals surface area (Å²) >= 11 is 1.38. The van der Waals surface area contributed by atoms with E-state index < -0.39 is 11.9 Å². The Kier molecular flexibility index (Phi) is 4.02. The molecule has 0 bridgehead atoms. The van der Waals surface area contributed by atoms with Gasteiger partial charge >= 0.3 is 5.97 Å². The van der Waals surface area contributed by atoms with Gasteiger partial charge in [-0.2, -0.15) is 0 Å². The van der Waals surface area contributed by atoms with Gasteiger partial charge in [0.15, 0.2) is 0 Å². The number of rotatable bonds is 3. The zero-order valence-electron chi connectivity index (χ0n) is 12.2. The highest BCUT2D eigenvalue weighted by atomic mass is 32.1. The van der Waals surface area contributed by atoms with E-state index in [0.717, 1.165) is 22.8 Å². The minimum Gasteiger partial charge on any atom is -0.481 e. The summed E-state index contributed by atoms with van der Waals surface area (Å²) in [6.07, 6.45) is 1.37. The van der Waals surface area contributed by atoms with Crippen LogP contribution in [0.4, 0.5) is 0 Å². The van der Waals surface area contributed by atoms with Crippen molar-refractivity contribution in [3.8, 4) is 10.6 Å². The second-order valence-corrected chi connectivity index (χ2v) is 6.59. The fraction of sp³-hybridized carbons (Fsp3) is 0.375. The van der Waals surface area contributed by atoms with Gasteiger partial charge in [0.2, 0.25) is 0 Å². The first kappa shape index (κ1) is 14.8. The lowest BCUT2D eigenvalue weighted by molar-refractivity contribution is -0.143. The zero-order valence-corrected chi connectivity index (χ0v) is 13.1. The number of thiophene rings is 1. The minimum absolute atomic E-state index is 0.0921. The normalized spacial score (nSPS) is 18.4. The van der Waals surface area contributed by atoms with Gasteiger partial charge in [0.1, 0.15) is 11.5 Å². The van der Waals surface area contributed by atoms with Gasteiger partial charge in [0.05, 0.1) is 15.7 Å². The summed E-state index contributed by atoms with van der Waals surface area (Å²) in [5.74, 6) is 0.214. The third kappa shape index (κ3) is 2.92. The van der Waals surface area contributed by atoms with Gasteiger partial charge in [-0.3, -0.25) is 9.59 Å². The predicted octanol–water partition coefficient (Wildman–Crippen LogP) is 3.25. The number of carbonyl (C=O) groups is 2. The Morgan fingerprint density at radius 2 is 2.14 bits per heavy atom. The number of amides is 1. The van der Waals surface area contributed by atoms with Gasteiger partial charge in [-0.05, 0) is 44.0 Å². The topological polar surface area (TPSA) is 70.8 Å². The van der Waals surface area contributed by atoms with Crippen molar-refractivity contribution in [1.29, 1.82) is 0 Å². The molecule has 22 heavy (non-hydrogen) atoms. The molecule has 5 nitrogen and oxygen atoms in total. The van der Waals surface area contributed by atoms with Crippen LogP contribution in [0.25, 0.3) is 10.6 Å². The highest BCUT2D eigenvalue weighted by Gasteiger charge is 2.29. The number of aryl methyl sites for hydroxylation is 1. The third-order valence-electron chi connectivity index (χ3n) is 3.86. The number of carboxylic acids is 1. The lowest BCUT2D eigenvalue weighted by atomic mass is 9.98. The number of aliphatic carboxylic acids is 1. The Labute approximate surface area is 132 Å². The first-order valence-electron chi connectivity index (χ1n) is 7.23. The molecule has 1 amide bonds. The van der Waals surface area contributed by atoms with E-state index >= 15 is 0 Å². The molecule has 1 N–H and O–H groups in total. The number of hydrogen-bond acceptors (Lipinski definition) is 4. The summed E-state index contributed by atoms with van der Waals surface area (Å²) in [7, 11) is 0. The maximum atomic E-state index is 12.5. The molecule has 1 saturated heterocycles. The van der Waals surface area contributed by atoms with Crippen LogP contribution in [-0.2, 0) is 4.79 Å². The van der Waals surface area contributed by atoms with Crippen molar-refractivity contribution in [2.75, 3.05) is 13.1 Å². The lowest BCUT2D eigenvalue weighted by Gasteiger charge is -2.30.